The predicted molar refractivity (Wildman–Crippen MR) is 66.5 cm³/mol. The second kappa shape index (κ2) is 4.64. The number of alkyl halides is 1. The molecule has 0 nitrogen and oxygen atoms in total. The van der Waals surface area contributed by atoms with Gasteiger partial charge >= 0.3 is 0 Å². The zero-order chi connectivity index (χ0) is 10.8. The minimum atomic E-state index is -0.220. The van der Waals surface area contributed by atoms with E-state index in [1.807, 2.05) is 12.1 Å². The van der Waals surface area contributed by atoms with Crippen LogP contribution in [0.25, 0.3) is 0 Å². The molecule has 2 rings (SSSR count). The molecule has 1 aromatic carbocycles. The van der Waals surface area contributed by atoms with E-state index in [-0.39, 0.29) is 10.6 Å². The topological polar surface area (TPSA) is 0 Å². The Hall–Kier alpha value is -0.380. The molecule has 0 spiro atoms. The van der Waals surface area contributed by atoms with E-state index in [0.29, 0.717) is 0 Å². The van der Waals surface area contributed by atoms with Crippen molar-refractivity contribution in [3.05, 3.63) is 57.0 Å². The summed E-state index contributed by atoms with van der Waals surface area (Å²) in [6, 6.07) is 10.3. The van der Waals surface area contributed by atoms with Gasteiger partial charge in [-0.15, -0.1) is 11.3 Å². The van der Waals surface area contributed by atoms with Gasteiger partial charge in [0, 0.05) is 4.88 Å². The van der Waals surface area contributed by atoms with Gasteiger partial charge in [-0.05, 0) is 29.8 Å². The van der Waals surface area contributed by atoms with E-state index in [2.05, 4.69) is 15.9 Å². The lowest BCUT2D eigenvalue weighted by atomic mass is 10.1. The number of rotatable bonds is 2. The standard InChI is InChI=1S/C11H7BrClFS/c12-11(9-5-6-10(13)15-9)7-1-3-8(14)4-2-7/h1-6,11H. The average molecular weight is 306 g/mol. The van der Waals surface area contributed by atoms with Crippen molar-refractivity contribution in [2.24, 2.45) is 0 Å². The number of hydrogen-bond acceptors (Lipinski definition) is 1. The van der Waals surface area contributed by atoms with E-state index in [1.54, 1.807) is 12.1 Å². The van der Waals surface area contributed by atoms with Crippen LogP contribution in [-0.4, -0.2) is 0 Å². The molecular weight excluding hydrogens is 299 g/mol. The van der Waals surface area contributed by atoms with E-state index in [0.717, 1.165) is 14.8 Å². The van der Waals surface area contributed by atoms with Crippen molar-refractivity contribution in [3.8, 4) is 0 Å². The number of thiophene rings is 1. The second-order valence-electron chi connectivity index (χ2n) is 3.06. The molecule has 0 bridgehead atoms. The third-order valence-electron chi connectivity index (χ3n) is 2.01. The average Bonchev–Trinajstić information content (AvgIpc) is 2.65. The second-order valence-corrected chi connectivity index (χ2v) is 5.72. The lowest BCUT2D eigenvalue weighted by Crippen LogP contribution is -1.89. The molecule has 2 aromatic rings. The van der Waals surface area contributed by atoms with Crippen molar-refractivity contribution in [2.75, 3.05) is 0 Å². The van der Waals surface area contributed by atoms with Gasteiger partial charge in [-0.2, -0.15) is 0 Å². The summed E-state index contributed by atoms with van der Waals surface area (Å²) in [6.07, 6.45) is 0. The van der Waals surface area contributed by atoms with Crippen molar-refractivity contribution in [1.82, 2.24) is 0 Å². The van der Waals surface area contributed by atoms with E-state index in [4.69, 9.17) is 11.6 Å². The maximum absolute atomic E-state index is 12.7. The number of benzene rings is 1. The molecule has 1 aromatic heterocycles. The van der Waals surface area contributed by atoms with Crippen LogP contribution in [0.1, 0.15) is 15.3 Å². The SMILES string of the molecule is Fc1ccc(C(Br)c2ccc(Cl)s2)cc1. The molecule has 0 aliphatic rings. The molecule has 0 saturated carbocycles. The molecule has 0 aliphatic heterocycles. The van der Waals surface area contributed by atoms with Gasteiger partial charge in [0.05, 0.1) is 9.16 Å². The van der Waals surface area contributed by atoms with Gasteiger partial charge < -0.3 is 0 Å². The first-order chi connectivity index (χ1) is 7.16. The molecule has 0 N–H and O–H groups in total. The third-order valence-corrected chi connectivity index (χ3v) is 4.63. The molecule has 1 unspecified atom stereocenters. The number of hydrogen-bond donors (Lipinski definition) is 0. The van der Waals surface area contributed by atoms with Gasteiger partial charge in [-0.3, -0.25) is 0 Å². The molecule has 0 radical (unpaired) electrons. The summed E-state index contributed by atoms with van der Waals surface area (Å²) >= 11 is 10.9. The quantitative estimate of drug-likeness (QED) is 0.683. The lowest BCUT2D eigenvalue weighted by molar-refractivity contribution is 0.627. The summed E-state index contributed by atoms with van der Waals surface area (Å²) < 4.78 is 13.5. The highest BCUT2D eigenvalue weighted by Crippen LogP contribution is 2.36. The Kier molecular flexibility index (Phi) is 3.44. The van der Waals surface area contributed by atoms with Crippen LogP contribution < -0.4 is 0 Å². The van der Waals surface area contributed by atoms with Crippen LogP contribution in [0.4, 0.5) is 4.39 Å². The minimum absolute atomic E-state index is 0.0793. The van der Waals surface area contributed by atoms with Crippen LogP contribution in [0, 0.1) is 5.82 Å². The summed E-state index contributed by atoms with van der Waals surface area (Å²) in [5.41, 5.74) is 1.02. The first-order valence-electron chi connectivity index (χ1n) is 4.31. The van der Waals surface area contributed by atoms with Crippen molar-refractivity contribution >= 4 is 38.9 Å². The molecule has 0 fully saturated rings. The van der Waals surface area contributed by atoms with Crippen molar-refractivity contribution in [3.63, 3.8) is 0 Å². The third kappa shape index (κ3) is 2.60. The monoisotopic (exact) mass is 304 g/mol. The van der Waals surface area contributed by atoms with Gasteiger partial charge in [0.1, 0.15) is 5.82 Å². The van der Waals surface area contributed by atoms with Crippen LogP contribution in [0.2, 0.25) is 4.34 Å². The normalized spacial score (nSPS) is 12.7. The van der Waals surface area contributed by atoms with Crippen molar-refractivity contribution in [2.45, 2.75) is 4.83 Å². The lowest BCUT2D eigenvalue weighted by Gasteiger charge is -2.07. The highest BCUT2D eigenvalue weighted by molar-refractivity contribution is 9.09. The highest BCUT2D eigenvalue weighted by atomic mass is 79.9. The first-order valence-corrected chi connectivity index (χ1v) is 6.42. The Morgan fingerprint density at radius 3 is 2.33 bits per heavy atom. The maximum atomic E-state index is 12.7. The van der Waals surface area contributed by atoms with Crippen molar-refractivity contribution < 1.29 is 4.39 Å². The Balaban J connectivity index is 2.28. The summed E-state index contributed by atoms with van der Waals surface area (Å²) in [5, 5.41) is 0. The number of halogens is 3. The Morgan fingerprint density at radius 1 is 1.13 bits per heavy atom. The first kappa shape index (κ1) is 11.1. The molecule has 1 atom stereocenters. The summed E-state index contributed by atoms with van der Waals surface area (Å²) in [5.74, 6) is -0.220. The Labute approximate surface area is 105 Å². The Bertz CT molecular complexity index is 452. The van der Waals surface area contributed by atoms with Gasteiger partial charge in [-0.1, -0.05) is 39.7 Å². The van der Waals surface area contributed by atoms with Crippen LogP contribution >= 0.6 is 38.9 Å². The Morgan fingerprint density at radius 2 is 1.80 bits per heavy atom. The largest absolute Gasteiger partial charge is 0.207 e. The molecule has 78 valence electrons. The van der Waals surface area contributed by atoms with Gasteiger partial charge in [0.2, 0.25) is 0 Å². The zero-order valence-electron chi connectivity index (χ0n) is 7.58. The molecule has 0 amide bonds. The van der Waals surface area contributed by atoms with E-state index < -0.39 is 0 Å². The minimum Gasteiger partial charge on any atom is -0.207 e. The summed E-state index contributed by atoms with van der Waals surface area (Å²) in [7, 11) is 0. The zero-order valence-corrected chi connectivity index (χ0v) is 10.7. The highest BCUT2D eigenvalue weighted by Gasteiger charge is 2.12. The summed E-state index contributed by atoms with van der Waals surface area (Å²) in [4.78, 5) is 1.20. The van der Waals surface area contributed by atoms with Crippen LogP contribution in [0.15, 0.2) is 36.4 Å². The van der Waals surface area contributed by atoms with Crippen LogP contribution in [0.5, 0.6) is 0 Å². The fraction of sp³-hybridized carbons (Fsp3) is 0.0909. The maximum Gasteiger partial charge on any atom is 0.123 e. The fourth-order valence-electron chi connectivity index (χ4n) is 1.26. The van der Waals surface area contributed by atoms with Gasteiger partial charge in [-0.25, -0.2) is 4.39 Å². The van der Waals surface area contributed by atoms with Gasteiger partial charge in [0.25, 0.3) is 0 Å². The van der Waals surface area contributed by atoms with Crippen LogP contribution in [-0.2, 0) is 0 Å². The van der Waals surface area contributed by atoms with Crippen LogP contribution in [0.3, 0.4) is 0 Å². The van der Waals surface area contributed by atoms with Gasteiger partial charge in [0.15, 0.2) is 0 Å². The summed E-state index contributed by atoms with van der Waals surface area (Å²) in [6.45, 7) is 0. The molecule has 1 heterocycles. The molecule has 4 heteroatoms. The van der Waals surface area contributed by atoms with E-state index in [9.17, 15) is 4.39 Å². The van der Waals surface area contributed by atoms with E-state index in [1.165, 1.54) is 23.5 Å². The predicted octanol–water partition coefficient (Wildman–Crippen LogP) is 5.02. The molecule has 15 heavy (non-hydrogen) atoms. The molecular formula is C11H7BrClFS. The van der Waals surface area contributed by atoms with E-state index >= 15 is 0 Å². The fourth-order valence-corrected chi connectivity index (χ4v) is 3.07. The van der Waals surface area contributed by atoms with Crippen molar-refractivity contribution in [1.29, 1.82) is 0 Å². The smallest absolute Gasteiger partial charge is 0.123 e. The molecule has 0 saturated heterocycles. The molecule has 0 aliphatic carbocycles.